The van der Waals surface area contributed by atoms with Crippen molar-refractivity contribution >= 4 is 28.3 Å². The van der Waals surface area contributed by atoms with Gasteiger partial charge in [0.25, 0.3) is 0 Å². The summed E-state index contributed by atoms with van der Waals surface area (Å²) in [5, 5.41) is 10.2. The van der Waals surface area contributed by atoms with E-state index in [-0.39, 0.29) is 17.1 Å². The Labute approximate surface area is 108 Å². The Kier molecular flexibility index (Phi) is 2.32. The quantitative estimate of drug-likeness (QED) is 0.846. The van der Waals surface area contributed by atoms with E-state index in [9.17, 15) is 14.4 Å². The molecule has 0 fully saturated rings. The fourth-order valence-electron chi connectivity index (χ4n) is 2.26. The average Bonchev–Trinajstić information content (AvgIpc) is 2.41. The molecule has 1 aliphatic rings. The van der Waals surface area contributed by atoms with Gasteiger partial charge in [0, 0.05) is 11.1 Å². The lowest BCUT2D eigenvalue weighted by atomic mass is 9.89. The zero-order valence-corrected chi connectivity index (χ0v) is 9.71. The zero-order valence-electron chi connectivity index (χ0n) is 9.71. The van der Waals surface area contributed by atoms with Crippen LogP contribution in [0.1, 0.15) is 31.1 Å². The van der Waals surface area contributed by atoms with E-state index in [1.165, 1.54) is 24.3 Å². The fourth-order valence-corrected chi connectivity index (χ4v) is 2.26. The van der Waals surface area contributed by atoms with Crippen LogP contribution < -0.4 is 0 Å². The number of carboxylic acids is 1. The van der Waals surface area contributed by atoms with Crippen molar-refractivity contribution in [2.24, 2.45) is 0 Å². The van der Waals surface area contributed by atoms with Crippen LogP contribution in [0.5, 0.6) is 0 Å². The lowest BCUT2D eigenvalue weighted by Gasteiger charge is -2.12. The van der Waals surface area contributed by atoms with Crippen molar-refractivity contribution in [2.75, 3.05) is 0 Å². The number of hydrogen-bond donors (Lipinski definition) is 1. The first-order valence-corrected chi connectivity index (χ1v) is 5.65. The minimum Gasteiger partial charge on any atom is -0.478 e. The highest BCUT2D eigenvalue weighted by molar-refractivity contribution is 6.26. The van der Waals surface area contributed by atoms with Gasteiger partial charge < -0.3 is 5.11 Å². The molecule has 4 heteroatoms. The first-order valence-electron chi connectivity index (χ1n) is 5.65. The van der Waals surface area contributed by atoms with Gasteiger partial charge in [-0.05, 0) is 41.1 Å². The number of carbonyl (C=O) groups is 3. The Morgan fingerprint density at radius 2 is 1.68 bits per heavy atom. The minimum absolute atomic E-state index is 0.151. The normalized spacial score (nSPS) is 13.7. The molecule has 0 saturated heterocycles. The van der Waals surface area contributed by atoms with Gasteiger partial charge in [-0.1, -0.05) is 12.1 Å². The standard InChI is InChI=1S/C15H8O4/c16-12-5-6-13(17)14-10-3-2-9(15(18)19)7-8(10)1-4-11(12)14/h1-7H,(H,18,19). The molecule has 0 spiro atoms. The van der Waals surface area contributed by atoms with Gasteiger partial charge in [0.2, 0.25) is 0 Å². The van der Waals surface area contributed by atoms with Crippen LogP contribution in [0.15, 0.2) is 42.5 Å². The number of carboxylic acid groups (broad SMARTS) is 1. The Morgan fingerprint density at radius 1 is 0.947 bits per heavy atom. The predicted molar refractivity (Wildman–Crippen MR) is 68.7 cm³/mol. The van der Waals surface area contributed by atoms with E-state index in [1.807, 2.05) is 0 Å². The van der Waals surface area contributed by atoms with Gasteiger partial charge in [-0.2, -0.15) is 0 Å². The first-order chi connectivity index (χ1) is 9.08. The van der Waals surface area contributed by atoms with E-state index in [0.717, 1.165) is 0 Å². The van der Waals surface area contributed by atoms with Crippen LogP contribution in [0.2, 0.25) is 0 Å². The molecule has 0 aliphatic heterocycles. The SMILES string of the molecule is O=C(O)c1ccc2c3c(ccc2c1)C(=O)C=CC3=O. The highest BCUT2D eigenvalue weighted by Crippen LogP contribution is 2.27. The van der Waals surface area contributed by atoms with Gasteiger partial charge in [-0.15, -0.1) is 0 Å². The monoisotopic (exact) mass is 252 g/mol. The van der Waals surface area contributed by atoms with Crippen molar-refractivity contribution in [3.8, 4) is 0 Å². The molecule has 4 nitrogen and oxygen atoms in total. The summed E-state index contributed by atoms with van der Waals surface area (Å²) in [4.78, 5) is 34.5. The Hall–Kier alpha value is -2.75. The van der Waals surface area contributed by atoms with Crippen molar-refractivity contribution in [2.45, 2.75) is 0 Å². The summed E-state index contributed by atoms with van der Waals surface area (Å²) < 4.78 is 0. The van der Waals surface area contributed by atoms with Gasteiger partial charge in [-0.3, -0.25) is 9.59 Å². The molecule has 0 saturated carbocycles. The molecule has 2 aromatic carbocycles. The summed E-state index contributed by atoms with van der Waals surface area (Å²) in [6, 6.07) is 7.72. The molecule has 0 amide bonds. The van der Waals surface area contributed by atoms with E-state index in [1.54, 1.807) is 18.2 Å². The van der Waals surface area contributed by atoms with Crippen LogP contribution in [0.25, 0.3) is 10.8 Å². The molecule has 0 heterocycles. The van der Waals surface area contributed by atoms with Gasteiger partial charge in [0.15, 0.2) is 11.6 Å². The minimum atomic E-state index is -1.03. The molecule has 0 radical (unpaired) electrons. The molecule has 2 aromatic rings. The Bertz CT molecular complexity index is 784. The van der Waals surface area contributed by atoms with Crippen molar-refractivity contribution in [3.05, 3.63) is 59.2 Å². The maximum absolute atomic E-state index is 11.9. The maximum Gasteiger partial charge on any atom is 0.335 e. The molecule has 0 bridgehead atoms. The second-order valence-electron chi connectivity index (χ2n) is 4.29. The summed E-state index contributed by atoms with van der Waals surface area (Å²) in [5.41, 5.74) is 0.864. The molecule has 19 heavy (non-hydrogen) atoms. The van der Waals surface area contributed by atoms with Gasteiger partial charge >= 0.3 is 5.97 Å². The highest BCUT2D eigenvalue weighted by atomic mass is 16.4. The molecule has 1 aliphatic carbocycles. The third kappa shape index (κ3) is 1.65. The number of hydrogen-bond acceptors (Lipinski definition) is 3. The van der Waals surface area contributed by atoms with E-state index < -0.39 is 5.97 Å². The molecule has 1 N–H and O–H groups in total. The average molecular weight is 252 g/mol. The number of aromatic carboxylic acids is 1. The zero-order chi connectivity index (χ0) is 13.6. The van der Waals surface area contributed by atoms with Crippen molar-refractivity contribution in [1.82, 2.24) is 0 Å². The predicted octanol–water partition coefficient (Wildman–Crippen LogP) is 2.47. The lowest BCUT2D eigenvalue weighted by molar-refractivity contribution is 0.0696. The van der Waals surface area contributed by atoms with Crippen molar-refractivity contribution < 1.29 is 19.5 Å². The molecule has 0 aromatic heterocycles. The molecule has 0 atom stereocenters. The van der Waals surface area contributed by atoms with E-state index in [2.05, 4.69) is 0 Å². The van der Waals surface area contributed by atoms with Crippen molar-refractivity contribution in [3.63, 3.8) is 0 Å². The molecule has 3 rings (SSSR count). The lowest BCUT2D eigenvalue weighted by Crippen LogP contribution is -2.12. The van der Waals surface area contributed by atoms with Crippen LogP contribution in [-0.4, -0.2) is 22.6 Å². The molecular weight excluding hydrogens is 244 g/mol. The summed E-state index contributed by atoms with van der Waals surface area (Å²) in [5.74, 6) is -1.47. The largest absolute Gasteiger partial charge is 0.478 e. The second-order valence-corrected chi connectivity index (χ2v) is 4.29. The van der Waals surface area contributed by atoms with E-state index >= 15 is 0 Å². The summed E-state index contributed by atoms with van der Waals surface area (Å²) >= 11 is 0. The first kappa shape index (κ1) is 11.3. The maximum atomic E-state index is 11.9. The number of ketones is 2. The topological polar surface area (TPSA) is 71.4 Å². The highest BCUT2D eigenvalue weighted by Gasteiger charge is 2.21. The smallest absolute Gasteiger partial charge is 0.335 e. The van der Waals surface area contributed by atoms with Gasteiger partial charge in [-0.25, -0.2) is 4.79 Å². The Balaban J connectivity index is 2.36. The fraction of sp³-hybridized carbons (Fsp3) is 0. The molecular formula is C15H8O4. The third-order valence-corrected chi connectivity index (χ3v) is 3.16. The number of benzene rings is 2. The number of rotatable bonds is 1. The Morgan fingerprint density at radius 3 is 2.42 bits per heavy atom. The number of allylic oxidation sites excluding steroid dienone is 2. The van der Waals surface area contributed by atoms with Crippen molar-refractivity contribution in [1.29, 1.82) is 0 Å². The van der Waals surface area contributed by atoms with E-state index in [4.69, 9.17) is 5.11 Å². The van der Waals surface area contributed by atoms with Crippen LogP contribution in [0, 0.1) is 0 Å². The number of fused-ring (bicyclic) bond motifs is 3. The number of carbonyl (C=O) groups excluding carboxylic acids is 2. The molecule has 0 unspecified atom stereocenters. The summed E-state index contributed by atoms with van der Waals surface area (Å²) in [6.07, 6.45) is 2.50. The van der Waals surface area contributed by atoms with Crippen LogP contribution in [-0.2, 0) is 0 Å². The molecule has 92 valence electrons. The van der Waals surface area contributed by atoms with E-state index in [0.29, 0.717) is 21.9 Å². The second kappa shape index (κ2) is 3.88. The van der Waals surface area contributed by atoms with Gasteiger partial charge in [0.1, 0.15) is 0 Å². The summed E-state index contributed by atoms with van der Waals surface area (Å²) in [7, 11) is 0. The van der Waals surface area contributed by atoms with Gasteiger partial charge in [0.05, 0.1) is 5.56 Å². The summed E-state index contributed by atoms with van der Waals surface area (Å²) in [6.45, 7) is 0. The third-order valence-electron chi connectivity index (χ3n) is 3.16. The van der Waals surface area contributed by atoms with Crippen LogP contribution >= 0.6 is 0 Å². The van der Waals surface area contributed by atoms with Crippen LogP contribution in [0.4, 0.5) is 0 Å². The van der Waals surface area contributed by atoms with Crippen LogP contribution in [0.3, 0.4) is 0 Å².